The number of ether oxygens (including phenoxy) is 3. The molecule has 138 valence electrons. The van der Waals surface area contributed by atoms with E-state index >= 15 is 0 Å². The predicted molar refractivity (Wildman–Crippen MR) is 91.5 cm³/mol. The van der Waals surface area contributed by atoms with Crippen LogP contribution >= 0.6 is 0 Å². The van der Waals surface area contributed by atoms with Crippen molar-refractivity contribution in [1.29, 1.82) is 0 Å². The lowest BCUT2D eigenvalue weighted by atomic mass is 10.1. The summed E-state index contributed by atoms with van der Waals surface area (Å²) in [6.07, 6.45) is 7.50. The second-order valence-corrected chi connectivity index (χ2v) is 6.54. The highest BCUT2D eigenvalue weighted by molar-refractivity contribution is 6.31. The summed E-state index contributed by atoms with van der Waals surface area (Å²) in [6.45, 7) is 3.91. The molecule has 2 aliphatic heterocycles. The Hall–Kier alpha value is -2.61. The predicted octanol–water partition coefficient (Wildman–Crippen LogP) is 1.80. The number of unbranched alkanes of at least 4 members (excludes halogenated alkanes) is 1. The number of pyridine rings is 1. The molecule has 0 N–H and O–H groups in total. The van der Waals surface area contributed by atoms with E-state index in [1.807, 2.05) is 0 Å². The van der Waals surface area contributed by atoms with Crippen LogP contribution in [0.1, 0.15) is 32.1 Å². The third-order valence-electron chi connectivity index (χ3n) is 4.67. The van der Waals surface area contributed by atoms with Crippen molar-refractivity contribution in [3.63, 3.8) is 0 Å². The largest absolute Gasteiger partial charge is 0.474 e. The third-order valence-corrected chi connectivity index (χ3v) is 4.67. The molecule has 0 saturated carbocycles. The van der Waals surface area contributed by atoms with Gasteiger partial charge in [0.1, 0.15) is 0 Å². The number of nitrogens with zero attached hydrogens (tertiary/aromatic N) is 3. The number of aromatic nitrogens is 2. The maximum absolute atomic E-state index is 11.7. The Balaban J connectivity index is 1.40. The maximum atomic E-state index is 11.7. The first-order chi connectivity index (χ1) is 12.7. The Morgan fingerprint density at radius 1 is 1.08 bits per heavy atom. The van der Waals surface area contributed by atoms with Gasteiger partial charge >= 0.3 is 11.9 Å². The van der Waals surface area contributed by atoms with Crippen molar-refractivity contribution in [2.24, 2.45) is 0 Å². The fraction of sp³-hybridized carbons (Fsp3) is 0.500. The molecular formula is C18H21N3O5. The number of carbonyl (C=O) groups excluding carboxylic acids is 2. The van der Waals surface area contributed by atoms with E-state index in [4.69, 9.17) is 14.2 Å². The molecule has 0 aromatic carbocycles. The van der Waals surface area contributed by atoms with E-state index < -0.39 is 11.9 Å². The van der Waals surface area contributed by atoms with Gasteiger partial charge in [-0.05, 0) is 57.5 Å². The molecular weight excluding hydrogens is 338 g/mol. The summed E-state index contributed by atoms with van der Waals surface area (Å²) in [5, 5.41) is 4.29. The zero-order valence-corrected chi connectivity index (χ0v) is 14.5. The number of hydrogen-bond acceptors (Lipinski definition) is 7. The van der Waals surface area contributed by atoms with Crippen LogP contribution in [0.2, 0.25) is 0 Å². The van der Waals surface area contributed by atoms with Crippen molar-refractivity contribution in [3.05, 3.63) is 18.3 Å². The van der Waals surface area contributed by atoms with Crippen molar-refractivity contribution < 1.29 is 23.8 Å². The van der Waals surface area contributed by atoms with Gasteiger partial charge in [0.05, 0.1) is 6.61 Å². The molecule has 26 heavy (non-hydrogen) atoms. The average Bonchev–Trinajstić information content (AvgIpc) is 2.94. The summed E-state index contributed by atoms with van der Waals surface area (Å²) in [5.74, 6) is -1.58. The third kappa shape index (κ3) is 3.37. The van der Waals surface area contributed by atoms with Crippen LogP contribution in [0, 0.1) is 0 Å². The minimum atomic E-state index is -1.08. The van der Waals surface area contributed by atoms with Gasteiger partial charge in [0, 0.05) is 6.20 Å². The van der Waals surface area contributed by atoms with Gasteiger partial charge in [-0.2, -0.15) is 0 Å². The Kier molecular flexibility index (Phi) is 4.75. The molecule has 0 amide bonds. The summed E-state index contributed by atoms with van der Waals surface area (Å²) in [7, 11) is 0. The van der Waals surface area contributed by atoms with Crippen molar-refractivity contribution in [3.8, 4) is 17.4 Å². The van der Waals surface area contributed by atoms with Gasteiger partial charge < -0.3 is 19.1 Å². The number of rotatable bonds is 6. The highest BCUT2D eigenvalue weighted by Crippen LogP contribution is 2.38. The number of esters is 2. The summed E-state index contributed by atoms with van der Waals surface area (Å²) >= 11 is 0. The van der Waals surface area contributed by atoms with Crippen molar-refractivity contribution in [2.45, 2.75) is 32.1 Å². The van der Waals surface area contributed by atoms with E-state index in [2.05, 4.69) is 10.00 Å². The van der Waals surface area contributed by atoms with Crippen LogP contribution < -0.4 is 14.2 Å². The van der Waals surface area contributed by atoms with E-state index in [1.165, 1.54) is 36.9 Å². The lowest BCUT2D eigenvalue weighted by molar-refractivity contribution is -0.155. The zero-order valence-electron chi connectivity index (χ0n) is 14.5. The first-order valence-corrected chi connectivity index (χ1v) is 9.03. The van der Waals surface area contributed by atoms with Gasteiger partial charge in [-0.15, -0.1) is 5.10 Å². The molecule has 8 nitrogen and oxygen atoms in total. The van der Waals surface area contributed by atoms with Crippen LogP contribution in [-0.2, 0) is 9.59 Å². The van der Waals surface area contributed by atoms with Gasteiger partial charge in [-0.3, -0.25) is 0 Å². The van der Waals surface area contributed by atoms with Crippen molar-refractivity contribution in [1.82, 2.24) is 14.5 Å². The standard InChI is InChI=1S/C18H21N3O5/c22-17-18(23)26-15-14-13(25-17)7-6-11-21(14)19-16(15)24-12-5-4-10-20-8-2-1-3-9-20/h6-7,11H,1-5,8-10,12H2. The zero-order chi connectivity index (χ0) is 17.9. The highest BCUT2D eigenvalue weighted by Gasteiger charge is 2.31. The molecule has 0 bridgehead atoms. The molecule has 1 saturated heterocycles. The van der Waals surface area contributed by atoms with E-state index in [0.717, 1.165) is 19.4 Å². The molecule has 8 heteroatoms. The van der Waals surface area contributed by atoms with Crippen molar-refractivity contribution >= 4 is 17.5 Å². The Bertz CT molecular complexity index is 826. The van der Waals surface area contributed by atoms with Crippen LogP contribution in [0.3, 0.4) is 0 Å². The van der Waals surface area contributed by atoms with Gasteiger partial charge in [-0.25, -0.2) is 14.1 Å². The van der Waals surface area contributed by atoms with E-state index in [9.17, 15) is 9.59 Å². The summed E-state index contributed by atoms with van der Waals surface area (Å²) < 4.78 is 17.4. The van der Waals surface area contributed by atoms with Gasteiger partial charge in [-0.1, -0.05) is 6.42 Å². The molecule has 0 unspecified atom stereocenters. The number of likely N-dealkylation sites (tertiary alicyclic amines) is 1. The van der Waals surface area contributed by atoms with Crippen LogP contribution in [0.25, 0.3) is 5.52 Å². The molecule has 2 aliphatic rings. The first-order valence-electron chi connectivity index (χ1n) is 9.03. The fourth-order valence-corrected chi connectivity index (χ4v) is 3.36. The van der Waals surface area contributed by atoms with Crippen LogP contribution in [0.5, 0.6) is 17.4 Å². The lowest BCUT2D eigenvalue weighted by Crippen LogP contribution is -2.30. The number of hydrogen-bond donors (Lipinski definition) is 0. The monoisotopic (exact) mass is 359 g/mol. The van der Waals surface area contributed by atoms with Crippen LogP contribution in [0.15, 0.2) is 18.3 Å². The minimum Gasteiger partial charge on any atom is -0.474 e. The molecule has 4 heterocycles. The summed E-state index contributed by atoms with van der Waals surface area (Å²) in [4.78, 5) is 25.8. The minimum absolute atomic E-state index is 0.132. The van der Waals surface area contributed by atoms with E-state index in [0.29, 0.717) is 12.1 Å². The number of carbonyl (C=O) groups is 2. The molecule has 0 atom stereocenters. The second kappa shape index (κ2) is 7.33. The van der Waals surface area contributed by atoms with E-state index in [1.54, 1.807) is 18.3 Å². The molecule has 4 rings (SSSR count). The van der Waals surface area contributed by atoms with Crippen LogP contribution in [-0.4, -0.2) is 52.7 Å². The molecule has 0 aliphatic carbocycles. The molecule has 0 radical (unpaired) electrons. The van der Waals surface area contributed by atoms with Crippen LogP contribution in [0.4, 0.5) is 0 Å². The summed E-state index contributed by atoms with van der Waals surface area (Å²) in [5.41, 5.74) is 0.412. The SMILES string of the molecule is O=C1Oc2cccn3nc(OCCCCN4CCCCC4)c(c23)OC1=O. The Labute approximate surface area is 150 Å². The summed E-state index contributed by atoms with van der Waals surface area (Å²) in [6, 6.07) is 3.26. The Morgan fingerprint density at radius 2 is 1.88 bits per heavy atom. The Morgan fingerprint density at radius 3 is 2.73 bits per heavy atom. The molecule has 0 spiro atoms. The smallest absolute Gasteiger partial charge is 0.423 e. The maximum Gasteiger partial charge on any atom is 0.423 e. The molecule has 2 aromatic rings. The molecule has 2 aromatic heterocycles. The average molecular weight is 359 g/mol. The lowest BCUT2D eigenvalue weighted by Gasteiger charge is -2.26. The topological polar surface area (TPSA) is 82.4 Å². The number of piperidine rings is 1. The van der Waals surface area contributed by atoms with E-state index in [-0.39, 0.29) is 17.4 Å². The van der Waals surface area contributed by atoms with Crippen molar-refractivity contribution in [2.75, 3.05) is 26.2 Å². The van der Waals surface area contributed by atoms with Gasteiger partial charge in [0.25, 0.3) is 5.88 Å². The first kappa shape index (κ1) is 16.8. The van der Waals surface area contributed by atoms with Gasteiger partial charge in [0.2, 0.25) is 5.75 Å². The fourth-order valence-electron chi connectivity index (χ4n) is 3.36. The molecule has 1 fully saturated rings. The van der Waals surface area contributed by atoms with Gasteiger partial charge in [0.15, 0.2) is 11.3 Å². The normalized spacial score (nSPS) is 17.7. The highest BCUT2D eigenvalue weighted by atomic mass is 16.6. The quantitative estimate of drug-likeness (QED) is 0.442. The second-order valence-electron chi connectivity index (χ2n) is 6.54.